The molecule has 0 amide bonds. The number of anilines is 1. The lowest BCUT2D eigenvalue weighted by Gasteiger charge is -2.09. The Morgan fingerprint density at radius 3 is 2.65 bits per heavy atom. The molecule has 1 aromatic carbocycles. The highest BCUT2D eigenvalue weighted by Gasteiger charge is 2.27. The molecule has 0 unspecified atom stereocenters. The van der Waals surface area contributed by atoms with E-state index in [9.17, 15) is 13.2 Å². The van der Waals surface area contributed by atoms with Gasteiger partial charge in [-0.15, -0.1) is 11.8 Å². The van der Waals surface area contributed by atoms with Crippen molar-refractivity contribution < 1.29 is 17.9 Å². The minimum atomic E-state index is -4.28. The summed E-state index contributed by atoms with van der Waals surface area (Å²) in [6, 6.07) is 5.07. The zero-order valence-electron chi connectivity index (χ0n) is 8.76. The number of alkyl halides is 3. The molecular weight excluding hydrogens is 275 g/mol. The molecule has 0 fully saturated rings. The molecule has 0 radical (unpaired) electrons. The highest BCUT2D eigenvalue weighted by Crippen LogP contribution is 2.32. The molecule has 0 saturated carbocycles. The lowest BCUT2D eigenvalue weighted by molar-refractivity contribution is -0.172. The van der Waals surface area contributed by atoms with Gasteiger partial charge in [0.2, 0.25) is 0 Å². The first-order valence-corrected chi connectivity index (χ1v) is 6.08. The van der Waals surface area contributed by atoms with Crippen LogP contribution >= 0.6 is 23.4 Å². The van der Waals surface area contributed by atoms with E-state index in [-0.39, 0.29) is 6.61 Å². The number of benzene rings is 1. The highest BCUT2D eigenvalue weighted by atomic mass is 35.5. The maximum absolute atomic E-state index is 11.8. The predicted octanol–water partition coefficient (Wildman–Crippen LogP) is 3.59. The van der Waals surface area contributed by atoms with Gasteiger partial charge in [0, 0.05) is 16.3 Å². The number of rotatable bonds is 5. The summed E-state index contributed by atoms with van der Waals surface area (Å²) in [5.41, 5.74) is 6.19. The molecule has 0 atom stereocenters. The van der Waals surface area contributed by atoms with Crippen molar-refractivity contribution in [1.82, 2.24) is 0 Å². The van der Waals surface area contributed by atoms with Crippen molar-refractivity contribution >= 4 is 29.1 Å². The lowest BCUT2D eigenvalue weighted by Crippen LogP contribution is -2.17. The average Bonchev–Trinajstić information content (AvgIpc) is 2.20. The number of nitrogens with two attached hydrogens (primary N) is 1. The van der Waals surface area contributed by atoms with Gasteiger partial charge in [0.15, 0.2) is 0 Å². The van der Waals surface area contributed by atoms with Crippen molar-refractivity contribution in [2.75, 3.05) is 24.7 Å². The van der Waals surface area contributed by atoms with E-state index >= 15 is 0 Å². The summed E-state index contributed by atoms with van der Waals surface area (Å²) >= 11 is 7.17. The van der Waals surface area contributed by atoms with Gasteiger partial charge >= 0.3 is 6.18 Å². The standard InChI is InChI=1S/C10H11ClF3NOS/c11-7-2-1-3-8(15)9(7)17-5-4-16-6-10(12,13)14/h1-3H,4-6,15H2. The van der Waals surface area contributed by atoms with Crippen molar-refractivity contribution in [3.63, 3.8) is 0 Å². The molecule has 7 heteroatoms. The molecular formula is C10H11ClF3NOS. The second-order valence-corrected chi connectivity index (χ2v) is 4.69. The van der Waals surface area contributed by atoms with Crippen molar-refractivity contribution in [2.45, 2.75) is 11.1 Å². The number of nitrogen functional groups attached to an aromatic ring is 1. The van der Waals surface area contributed by atoms with Gasteiger partial charge in [-0.2, -0.15) is 13.2 Å². The lowest BCUT2D eigenvalue weighted by atomic mass is 10.3. The highest BCUT2D eigenvalue weighted by molar-refractivity contribution is 7.99. The van der Waals surface area contributed by atoms with Crippen LogP contribution in [0.5, 0.6) is 0 Å². The molecule has 2 N–H and O–H groups in total. The summed E-state index contributed by atoms with van der Waals surface area (Å²) in [5, 5.41) is 0.492. The van der Waals surface area contributed by atoms with Gasteiger partial charge in [-0.25, -0.2) is 0 Å². The Balaban J connectivity index is 2.32. The molecule has 1 aromatic rings. The summed E-state index contributed by atoms with van der Waals surface area (Å²) in [7, 11) is 0. The van der Waals surface area contributed by atoms with Crippen molar-refractivity contribution in [3.8, 4) is 0 Å². The van der Waals surface area contributed by atoms with Crippen molar-refractivity contribution in [1.29, 1.82) is 0 Å². The van der Waals surface area contributed by atoms with Crippen LogP contribution in [0.4, 0.5) is 18.9 Å². The molecule has 0 saturated heterocycles. The summed E-state index contributed by atoms with van der Waals surface area (Å²) in [6.45, 7) is -1.24. The molecule has 17 heavy (non-hydrogen) atoms. The Labute approximate surface area is 106 Å². The van der Waals surface area contributed by atoms with Crippen molar-refractivity contribution in [2.24, 2.45) is 0 Å². The zero-order chi connectivity index (χ0) is 12.9. The van der Waals surface area contributed by atoms with Crippen LogP contribution in [-0.2, 0) is 4.74 Å². The van der Waals surface area contributed by atoms with E-state index < -0.39 is 12.8 Å². The van der Waals surface area contributed by atoms with Gasteiger partial charge in [-0.05, 0) is 12.1 Å². The normalized spacial score (nSPS) is 11.8. The molecule has 0 bridgehead atoms. The van der Waals surface area contributed by atoms with Crippen LogP contribution in [0.25, 0.3) is 0 Å². The summed E-state index contributed by atoms with van der Waals surface area (Å²) < 4.78 is 39.8. The van der Waals surface area contributed by atoms with Crippen molar-refractivity contribution in [3.05, 3.63) is 23.2 Å². The Morgan fingerprint density at radius 1 is 1.35 bits per heavy atom. The second-order valence-electron chi connectivity index (χ2n) is 3.17. The monoisotopic (exact) mass is 285 g/mol. The van der Waals surface area contributed by atoms with E-state index in [1.165, 1.54) is 11.8 Å². The number of hydrogen-bond acceptors (Lipinski definition) is 3. The van der Waals surface area contributed by atoms with E-state index in [1.54, 1.807) is 18.2 Å². The first-order valence-electron chi connectivity index (χ1n) is 4.71. The molecule has 0 aromatic heterocycles. The van der Waals surface area contributed by atoms with Gasteiger partial charge in [-0.1, -0.05) is 17.7 Å². The van der Waals surface area contributed by atoms with Crippen LogP contribution < -0.4 is 5.73 Å². The van der Waals surface area contributed by atoms with E-state index in [2.05, 4.69) is 4.74 Å². The minimum absolute atomic E-state index is 0.00512. The number of halogens is 4. The third-order valence-corrected chi connectivity index (χ3v) is 3.28. The van der Waals surface area contributed by atoms with E-state index in [4.69, 9.17) is 17.3 Å². The fourth-order valence-corrected chi connectivity index (χ4v) is 2.26. The largest absolute Gasteiger partial charge is 0.411 e. The average molecular weight is 286 g/mol. The smallest absolute Gasteiger partial charge is 0.398 e. The SMILES string of the molecule is Nc1cccc(Cl)c1SCCOCC(F)(F)F. The Kier molecular flexibility index (Phi) is 5.42. The van der Waals surface area contributed by atoms with Gasteiger partial charge in [0.05, 0.1) is 11.6 Å². The van der Waals surface area contributed by atoms with Crippen LogP contribution in [-0.4, -0.2) is 25.1 Å². The molecule has 2 nitrogen and oxygen atoms in total. The number of ether oxygens (including phenoxy) is 1. The third kappa shape index (κ3) is 5.52. The second kappa shape index (κ2) is 6.37. The van der Waals surface area contributed by atoms with Gasteiger partial charge in [-0.3, -0.25) is 0 Å². The van der Waals surface area contributed by atoms with E-state index in [1.807, 2.05) is 0 Å². The Bertz CT molecular complexity index is 353. The fraction of sp³-hybridized carbons (Fsp3) is 0.400. The Hall–Kier alpha value is -0.590. The van der Waals surface area contributed by atoms with Gasteiger partial charge in [0.1, 0.15) is 6.61 Å². The van der Waals surface area contributed by atoms with E-state index in [0.29, 0.717) is 21.4 Å². The van der Waals surface area contributed by atoms with E-state index in [0.717, 1.165) is 0 Å². The molecule has 0 aliphatic heterocycles. The fourth-order valence-electron chi connectivity index (χ4n) is 1.07. The zero-order valence-corrected chi connectivity index (χ0v) is 10.3. The van der Waals surface area contributed by atoms with Gasteiger partial charge in [0.25, 0.3) is 0 Å². The maximum atomic E-state index is 11.8. The quantitative estimate of drug-likeness (QED) is 0.510. The van der Waals surface area contributed by atoms with Crippen LogP contribution in [0.1, 0.15) is 0 Å². The third-order valence-electron chi connectivity index (χ3n) is 1.74. The summed E-state index contributed by atoms with van der Waals surface area (Å²) in [6.07, 6.45) is -4.28. The minimum Gasteiger partial charge on any atom is -0.398 e. The first kappa shape index (κ1) is 14.5. The van der Waals surface area contributed by atoms with Crippen LogP contribution in [0.15, 0.2) is 23.1 Å². The summed E-state index contributed by atoms with van der Waals surface area (Å²) in [5.74, 6) is 0.365. The summed E-state index contributed by atoms with van der Waals surface area (Å²) in [4.78, 5) is 0.671. The topological polar surface area (TPSA) is 35.2 Å². The van der Waals surface area contributed by atoms with Crippen LogP contribution in [0.3, 0.4) is 0 Å². The first-order chi connectivity index (χ1) is 7.90. The molecule has 96 valence electrons. The number of thioether (sulfide) groups is 1. The molecule has 0 heterocycles. The molecule has 0 aliphatic rings. The maximum Gasteiger partial charge on any atom is 0.411 e. The molecule has 1 rings (SSSR count). The predicted molar refractivity (Wildman–Crippen MR) is 63.5 cm³/mol. The van der Waals surface area contributed by atoms with Crippen LogP contribution in [0, 0.1) is 0 Å². The number of hydrogen-bond donors (Lipinski definition) is 1. The molecule has 0 spiro atoms. The van der Waals surface area contributed by atoms with Crippen LogP contribution in [0.2, 0.25) is 5.02 Å². The molecule has 0 aliphatic carbocycles. The Morgan fingerprint density at radius 2 is 2.06 bits per heavy atom. The van der Waals surface area contributed by atoms with Gasteiger partial charge < -0.3 is 10.5 Å².